The lowest BCUT2D eigenvalue weighted by atomic mass is 9.87. The maximum Gasteiger partial charge on any atom is 0.412 e. The van der Waals surface area contributed by atoms with Gasteiger partial charge in [-0.3, -0.25) is 10.1 Å². The largest absolute Gasteiger partial charge is 0.496 e. The molecule has 1 amide bonds. The number of carboxylic acids is 1. The number of ether oxygens (including phenoxy) is 2. The summed E-state index contributed by atoms with van der Waals surface area (Å²) in [6.45, 7) is 9.15. The first kappa shape index (κ1) is 18.1. The number of hydrogen-bond donors (Lipinski definition) is 2. The van der Waals surface area contributed by atoms with E-state index in [0.717, 1.165) is 0 Å². The molecule has 24 heavy (non-hydrogen) atoms. The van der Waals surface area contributed by atoms with E-state index in [-0.39, 0.29) is 5.41 Å². The van der Waals surface area contributed by atoms with Gasteiger partial charge in [0.25, 0.3) is 0 Å². The fourth-order valence-corrected chi connectivity index (χ4v) is 3.10. The third kappa shape index (κ3) is 3.18. The Balaban J connectivity index is 2.36. The van der Waals surface area contributed by atoms with Crippen molar-refractivity contribution in [2.24, 2.45) is 5.41 Å². The molecule has 1 aliphatic carbocycles. The Kier molecular flexibility index (Phi) is 4.29. The van der Waals surface area contributed by atoms with Gasteiger partial charge in [-0.2, -0.15) is 0 Å². The van der Waals surface area contributed by atoms with Crippen LogP contribution in [0, 0.1) is 5.41 Å². The number of aliphatic carboxylic acids is 1. The first-order chi connectivity index (χ1) is 10.9. The zero-order chi connectivity index (χ0) is 18.3. The van der Waals surface area contributed by atoms with Crippen LogP contribution in [-0.2, 0) is 14.9 Å². The quantitative estimate of drug-likeness (QED) is 0.874. The molecule has 6 heteroatoms. The van der Waals surface area contributed by atoms with E-state index in [1.54, 1.807) is 39.0 Å². The van der Waals surface area contributed by atoms with Crippen molar-refractivity contribution in [3.63, 3.8) is 0 Å². The number of carbonyl (C=O) groups excluding carboxylic acids is 1. The number of anilines is 1. The van der Waals surface area contributed by atoms with E-state index in [1.807, 2.05) is 13.8 Å². The van der Waals surface area contributed by atoms with Gasteiger partial charge in [-0.25, -0.2) is 4.79 Å². The van der Waals surface area contributed by atoms with Crippen LogP contribution in [-0.4, -0.2) is 29.9 Å². The molecule has 1 unspecified atom stereocenters. The molecule has 0 aliphatic heterocycles. The van der Waals surface area contributed by atoms with Crippen molar-refractivity contribution in [1.82, 2.24) is 0 Å². The molecule has 0 heterocycles. The molecule has 0 radical (unpaired) electrons. The van der Waals surface area contributed by atoms with Gasteiger partial charge in [0, 0.05) is 11.3 Å². The number of hydrogen-bond acceptors (Lipinski definition) is 4. The zero-order valence-electron chi connectivity index (χ0n) is 15.0. The molecule has 1 atom stereocenters. The summed E-state index contributed by atoms with van der Waals surface area (Å²) in [5.74, 6) is -0.391. The SMILES string of the molecule is COc1ccc(NC(=O)OC(C)(C)C)cc1C1(C(=O)O)CC1(C)C. The van der Waals surface area contributed by atoms with E-state index >= 15 is 0 Å². The maximum atomic E-state index is 11.9. The van der Waals surface area contributed by atoms with Crippen LogP contribution in [0.4, 0.5) is 10.5 Å². The molecule has 0 saturated heterocycles. The van der Waals surface area contributed by atoms with Crippen LogP contribution in [0.25, 0.3) is 0 Å². The summed E-state index contributed by atoms with van der Waals surface area (Å²) >= 11 is 0. The number of benzene rings is 1. The number of amides is 1. The third-order valence-corrected chi connectivity index (χ3v) is 4.41. The molecule has 6 nitrogen and oxygen atoms in total. The fourth-order valence-electron chi connectivity index (χ4n) is 3.10. The summed E-state index contributed by atoms with van der Waals surface area (Å²) in [5, 5.41) is 12.4. The molecule has 2 rings (SSSR count). The molecule has 1 aromatic carbocycles. The second-order valence-corrected chi connectivity index (χ2v) is 7.81. The lowest BCUT2D eigenvalue weighted by molar-refractivity contribution is -0.141. The number of rotatable bonds is 4. The van der Waals surface area contributed by atoms with Gasteiger partial charge < -0.3 is 14.6 Å². The third-order valence-electron chi connectivity index (χ3n) is 4.41. The average Bonchev–Trinajstić information content (AvgIpc) is 3.01. The monoisotopic (exact) mass is 335 g/mol. The van der Waals surface area contributed by atoms with Gasteiger partial charge in [0.2, 0.25) is 0 Å². The average molecular weight is 335 g/mol. The molecule has 2 N–H and O–H groups in total. The van der Waals surface area contributed by atoms with E-state index < -0.39 is 23.1 Å². The number of carbonyl (C=O) groups is 2. The first-order valence-electron chi connectivity index (χ1n) is 7.85. The molecule has 1 saturated carbocycles. The predicted octanol–water partition coefficient (Wildman–Crippen LogP) is 3.79. The van der Waals surface area contributed by atoms with Gasteiger partial charge in [-0.15, -0.1) is 0 Å². The minimum absolute atomic E-state index is 0.378. The van der Waals surface area contributed by atoms with Gasteiger partial charge in [0.05, 0.1) is 7.11 Å². The molecule has 132 valence electrons. The smallest absolute Gasteiger partial charge is 0.412 e. The summed E-state index contributed by atoms with van der Waals surface area (Å²) in [6, 6.07) is 4.99. The summed E-state index contributed by atoms with van der Waals surface area (Å²) in [4.78, 5) is 23.9. The predicted molar refractivity (Wildman–Crippen MR) is 90.6 cm³/mol. The van der Waals surface area contributed by atoms with Crippen molar-refractivity contribution in [2.75, 3.05) is 12.4 Å². The van der Waals surface area contributed by atoms with Crippen LogP contribution in [0.1, 0.15) is 46.6 Å². The van der Waals surface area contributed by atoms with Crippen LogP contribution in [0.15, 0.2) is 18.2 Å². The highest BCUT2D eigenvalue weighted by Gasteiger charge is 2.68. The Morgan fingerprint density at radius 3 is 2.25 bits per heavy atom. The number of carboxylic acid groups (broad SMARTS) is 1. The van der Waals surface area contributed by atoms with Crippen molar-refractivity contribution in [3.05, 3.63) is 23.8 Å². The Morgan fingerprint density at radius 1 is 1.25 bits per heavy atom. The summed E-state index contributed by atoms with van der Waals surface area (Å²) in [5.41, 5.74) is -0.958. The van der Waals surface area contributed by atoms with E-state index in [1.165, 1.54) is 7.11 Å². The molecular weight excluding hydrogens is 310 g/mol. The molecule has 1 fully saturated rings. The number of nitrogens with one attached hydrogen (secondary N) is 1. The van der Waals surface area contributed by atoms with Crippen LogP contribution in [0.3, 0.4) is 0 Å². The zero-order valence-corrected chi connectivity index (χ0v) is 15.0. The van der Waals surface area contributed by atoms with Crippen LogP contribution in [0.5, 0.6) is 5.75 Å². The van der Waals surface area contributed by atoms with Gasteiger partial charge in [-0.05, 0) is 50.8 Å². The minimum atomic E-state index is -1.01. The topological polar surface area (TPSA) is 84.9 Å². The Hall–Kier alpha value is -2.24. The van der Waals surface area contributed by atoms with Gasteiger partial charge in [0.1, 0.15) is 16.8 Å². The van der Waals surface area contributed by atoms with Crippen LogP contribution >= 0.6 is 0 Å². The summed E-state index contributed by atoms with van der Waals surface area (Å²) < 4.78 is 10.6. The highest BCUT2D eigenvalue weighted by Crippen LogP contribution is 2.66. The molecule has 1 aromatic rings. The van der Waals surface area contributed by atoms with E-state index in [2.05, 4.69) is 5.32 Å². The minimum Gasteiger partial charge on any atom is -0.496 e. The van der Waals surface area contributed by atoms with Gasteiger partial charge in [0.15, 0.2) is 0 Å². The first-order valence-corrected chi connectivity index (χ1v) is 7.85. The van der Waals surface area contributed by atoms with Crippen molar-refractivity contribution >= 4 is 17.7 Å². The highest BCUT2D eigenvalue weighted by molar-refractivity contribution is 5.90. The summed E-state index contributed by atoms with van der Waals surface area (Å²) in [7, 11) is 1.50. The second-order valence-electron chi connectivity index (χ2n) is 7.81. The maximum absolute atomic E-state index is 11.9. The lowest BCUT2D eigenvalue weighted by Gasteiger charge is -2.22. The van der Waals surface area contributed by atoms with Gasteiger partial charge in [-0.1, -0.05) is 13.8 Å². The Morgan fingerprint density at radius 2 is 1.83 bits per heavy atom. The van der Waals surface area contributed by atoms with E-state index in [4.69, 9.17) is 9.47 Å². The second kappa shape index (κ2) is 5.69. The van der Waals surface area contributed by atoms with Crippen molar-refractivity contribution in [3.8, 4) is 5.75 Å². The fraction of sp³-hybridized carbons (Fsp3) is 0.556. The standard InChI is InChI=1S/C18H25NO5/c1-16(2,3)24-15(22)19-11-7-8-13(23-6)12(9-11)18(14(20)21)10-17(18,4)5/h7-9H,10H2,1-6H3,(H,19,22)(H,20,21). The Labute approximate surface area is 142 Å². The molecule has 1 aliphatic rings. The van der Waals surface area contributed by atoms with E-state index in [0.29, 0.717) is 23.4 Å². The molecule has 0 spiro atoms. The molecule has 0 aromatic heterocycles. The van der Waals surface area contributed by atoms with Crippen molar-refractivity contribution in [1.29, 1.82) is 0 Å². The van der Waals surface area contributed by atoms with Crippen LogP contribution in [0.2, 0.25) is 0 Å². The molecule has 0 bridgehead atoms. The van der Waals surface area contributed by atoms with Crippen molar-refractivity contribution < 1.29 is 24.2 Å². The Bertz CT molecular complexity index is 674. The lowest BCUT2D eigenvalue weighted by Crippen LogP contribution is -2.28. The molecular formula is C18H25NO5. The van der Waals surface area contributed by atoms with Crippen LogP contribution < -0.4 is 10.1 Å². The van der Waals surface area contributed by atoms with Crippen molar-refractivity contribution in [2.45, 2.75) is 52.1 Å². The highest BCUT2D eigenvalue weighted by atomic mass is 16.6. The van der Waals surface area contributed by atoms with Gasteiger partial charge >= 0.3 is 12.1 Å². The van der Waals surface area contributed by atoms with E-state index in [9.17, 15) is 14.7 Å². The number of methoxy groups -OCH3 is 1. The normalized spacial score (nSPS) is 21.8. The summed E-state index contributed by atoms with van der Waals surface area (Å²) in [6.07, 6.45) is -0.0697.